The summed E-state index contributed by atoms with van der Waals surface area (Å²) in [5, 5.41) is 11.9. The van der Waals surface area contributed by atoms with E-state index < -0.39 is 12.0 Å². The van der Waals surface area contributed by atoms with Gasteiger partial charge in [-0.15, -0.1) is 0 Å². The highest BCUT2D eigenvalue weighted by Crippen LogP contribution is 2.18. The smallest absolute Gasteiger partial charge is 0.326 e. The molecule has 0 radical (unpaired) electrons. The van der Waals surface area contributed by atoms with Crippen molar-refractivity contribution in [3.63, 3.8) is 0 Å². The molecule has 0 aromatic carbocycles. The Morgan fingerprint density at radius 1 is 0.638 bits per heavy atom. The van der Waals surface area contributed by atoms with E-state index in [1.54, 1.807) is 0 Å². The Morgan fingerprint density at radius 3 is 1.77 bits per heavy atom. The lowest BCUT2D eigenvalue weighted by Gasteiger charge is -2.18. The molecule has 0 saturated carbocycles. The summed E-state index contributed by atoms with van der Waals surface area (Å²) in [6.07, 6.45) is 39.1. The minimum Gasteiger partial charge on any atom is -0.480 e. The van der Waals surface area contributed by atoms with Crippen molar-refractivity contribution in [2.45, 2.75) is 193 Å². The van der Waals surface area contributed by atoms with Crippen molar-refractivity contribution in [1.29, 1.82) is 0 Å². The van der Waals surface area contributed by atoms with E-state index in [2.05, 4.69) is 55.6 Å². The van der Waals surface area contributed by atoms with Crippen LogP contribution in [0, 0.1) is 0 Å². The molecule has 0 rings (SSSR count). The van der Waals surface area contributed by atoms with Gasteiger partial charge in [-0.05, 0) is 90.0 Å². The topological polar surface area (TPSA) is 119 Å². The van der Waals surface area contributed by atoms with Crippen molar-refractivity contribution < 1.29 is 24.2 Å². The fourth-order valence-electron chi connectivity index (χ4n) is 5.58. The number of allylic oxidation sites excluding steroid dienone is 6. The number of nitrogens with two attached hydrogens (primary N) is 1. The van der Waals surface area contributed by atoms with E-state index in [1.807, 2.05) is 0 Å². The molecule has 4 N–H and O–H groups in total. The van der Waals surface area contributed by atoms with Gasteiger partial charge in [0, 0.05) is 12.8 Å². The minimum absolute atomic E-state index is 0.0145. The van der Waals surface area contributed by atoms with Crippen LogP contribution in [0.1, 0.15) is 181 Å². The Labute approximate surface area is 288 Å². The molecule has 7 heteroatoms. The Hall–Kier alpha value is -2.41. The molecule has 0 saturated heterocycles. The SMILES string of the molecule is CC/C=C\C/C=C\C/C=C\CCCCCCCCCC(=O)OC(CCCCCCC)CCCCCCC(=O)NC(CCCN)C(=O)O. The molecule has 0 heterocycles. The number of unbranched alkanes of at least 4 members (excludes halogenated alkanes) is 14. The standard InChI is InChI=1S/C40H72N2O5/c1-3-5-7-9-10-11-12-13-14-15-16-17-18-19-20-22-28-34-39(44)47-36(30-25-21-8-6-4-2)31-26-23-24-27-33-38(43)42-37(40(45)46)32-29-35-41/h5,7,10-11,13-14,36-37H,3-4,6,8-9,12,15-35,41H2,1-2H3,(H,42,43)(H,45,46)/b7-5-,11-10-,14-13-. The molecule has 0 aliphatic carbocycles. The summed E-state index contributed by atoms with van der Waals surface area (Å²) < 4.78 is 5.95. The monoisotopic (exact) mass is 661 g/mol. The lowest BCUT2D eigenvalue weighted by atomic mass is 10.0. The number of rotatable bonds is 34. The number of ether oxygens (including phenoxy) is 1. The van der Waals surface area contributed by atoms with Gasteiger partial charge in [-0.1, -0.05) is 121 Å². The van der Waals surface area contributed by atoms with Crippen molar-refractivity contribution in [3.8, 4) is 0 Å². The number of hydrogen-bond donors (Lipinski definition) is 3. The molecule has 272 valence electrons. The molecule has 0 bridgehead atoms. The highest BCUT2D eigenvalue weighted by atomic mass is 16.5. The molecular formula is C40H72N2O5. The second-order valence-corrected chi connectivity index (χ2v) is 13.0. The van der Waals surface area contributed by atoms with E-state index >= 15 is 0 Å². The van der Waals surface area contributed by atoms with E-state index in [9.17, 15) is 19.5 Å². The summed E-state index contributed by atoms with van der Waals surface area (Å²) in [6.45, 7) is 4.78. The molecule has 0 spiro atoms. The Morgan fingerprint density at radius 2 is 1.17 bits per heavy atom. The van der Waals surface area contributed by atoms with Crippen LogP contribution in [0.3, 0.4) is 0 Å². The summed E-state index contributed by atoms with van der Waals surface area (Å²) in [6, 6.07) is -0.863. The van der Waals surface area contributed by atoms with Crippen molar-refractivity contribution in [2.75, 3.05) is 6.54 Å². The van der Waals surface area contributed by atoms with Gasteiger partial charge in [0.1, 0.15) is 12.1 Å². The Kier molecular flexibility index (Phi) is 33.1. The zero-order valence-corrected chi connectivity index (χ0v) is 30.4. The minimum atomic E-state index is -1.01. The van der Waals surface area contributed by atoms with Crippen LogP contribution in [-0.2, 0) is 19.1 Å². The van der Waals surface area contributed by atoms with Gasteiger partial charge >= 0.3 is 11.9 Å². The first-order valence-electron chi connectivity index (χ1n) is 19.3. The fraction of sp³-hybridized carbons (Fsp3) is 0.775. The van der Waals surface area contributed by atoms with Crippen LogP contribution in [-0.4, -0.2) is 41.6 Å². The number of esters is 1. The van der Waals surface area contributed by atoms with Gasteiger partial charge < -0.3 is 20.9 Å². The van der Waals surface area contributed by atoms with Gasteiger partial charge in [-0.2, -0.15) is 0 Å². The Bertz CT molecular complexity index is 838. The molecule has 47 heavy (non-hydrogen) atoms. The third kappa shape index (κ3) is 31.9. The molecule has 0 aromatic rings. The van der Waals surface area contributed by atoms with Crippen molar-refractivity contribution in [3.05, 3.63) is 36.5 Å². The number of nitrogens with one attached hydrogen (secondary N) is 1. The normalized spacial score (nSPS) is 13.1. The number of amides is 1. The highest BCUT2D eigenvalue weighted by Gasteiger charge is 2.19. The van der Waals surface area contributed by atoms with E-state index in [0.29, 0.717) is 32.2 Å². The number of carboxylic acids is 1. The average Bonchev–Trinajstić information content (AvgIpc) is 3.05. The van der Waals surface area contributed by atoms with Crippen molar-refractivity contribution >= 4 is 17.8 Å². The predicted molar refractivity (Wildman–Crippen MR) is 197 cm³/mol. The quantitative estimate of drug-likeness (QED) is 0.0359. The van der Waals surface area contributed by atoms with Crippen molar-refractivity contribution in [2.24, 2.45) is 5.73 Å². The number of carbonyl (C=O) groups is 3. The van der Waals surface area contributed by atoms with Gasteiger partial charge in [0.05, 0.1) is 0 Å². The van der Waals surface area contributed by atoms with Gasteiger partial charge in [-0.25, -0.2) is 4.79 Å². The molecule has 0 fully saturated rings. The predicted octanol–water partition coefficient (Wildman–Crippen LogP) is 10.3. The molecule has 1 amide bonds. The van der Waals surface area contributed by atoms with Crippen LogP contribution >= 0.6 is 0 Å². The van der Waals surface area contributed by atoms with Crippen LogP contribution in [0.5, 0.6) is 0 Å². The number of hydrogen-bond acceptors (Lipinski definition) is 5. The summed E-state index contributed by atoms with van der Waals surface area (Å²) in [5.74, 6) is -1.28. The second kappa shape index (κ2) is 34.9. The first-order chi connectivity index (χ1) is 22.9. The van der Waals surface area contributed by atoms with E-state index in [-0.39, 0.29) is 18.0 Å². The van der Waals surface area contributed by atoms with Crippen molar-refractivity contribution in [1.82, 2.24) is 5.32 Å². The van der Waals surface area contributed by atoms with Gasteiger partial charge in [-0.3, -0.25) is 9.59 Å². The first-order valence-corrected chi connectivity index (χ1v) is 19.3. The summed E-state index contributed by atoms with van der Waals surface area (Å²) in [7, 11) is 0. The maximum absolute atomic E-state index is 12.6. The van der Waals surface area contributed by atoms with E-state index in [4.69, 9.17) is 10.5 Å². The third-order valence-electron chi connectivity index (χ3n) is 8.47. The largest absolute Gasteiger partial charge is 0.480 e. The number of aliphatic carboxylic acids is 1. The van der Waals surface area contributed by atoms with Gasteiger partial charge in [0.2, 0.25) is 5.91 Å². The first kappa shape index (κ1) is 44.6. The van der Waals surface area contributed by atoms with E-state index in [1.165, 1.54) is 57.8 Å². The molecule has 7 nitrogen and oxygen atoms in total. The average molecular weight is 661 g/mol. The summed E-state index contributed by atoms with van der Waals surface area (Å²) >= 11 is 0. The molecule has 0 aliphatic heterocycles. The van der Waals surface area contributed by atoms with Gasteiger partial charge in [0.15, 0.2) is 0 Å². The van der Waals surface area contributed by atoms with Gasteiger partial charge in [0.25, 0.3) is 0 Å². The highest BCUT2D eigenvalue weighted by molar-refractivity contribution is 5.83. The molecule has 2 unspecified atom stereocenters. The molecule has 0 aromatic heterocycles. The molecule has 0 aliphatic rings. The van der Waals surface area contributed by atoms with Crippen LogP contribution in [0.4, 0.5) is 0 Å². The van der Waals surface area contributed by atoms with Crippen LogP contribution in [0.25, 0.3) is 0 Å². The summed E-state index contributed by atoms with van der Waals surface area (Å²) in [5.41, 5.74) is 5.47. The lowest BCUT2D eigenvalue weighted by molar-refractivity contribution is -0.150. The number of carbonyl (C=O) groups excluding carboxylic acids is 2. The molecular weight excluding hydrogens is 588 g/mol. The fourth-order valence-corrected chi connectivity index (χ4v) is 5.58. The second-order valence-electron chi connectivity index (χ2n) is 13.0. The van der Waals surface area contributed by atoms with Crippen LogP contribution < -0.4 is 11.1 Å². The number of carboxylic acid groups (broad SMARTS) is 1. The van der Waals surface area contributed by atoms with Crippen LogP contribution in [0.15, 0.2) is 36.5 Å². The maximum Gasteiger partial charge on any atom is 0.326 e. The Balaban J connectivity index is 4.10. The zero-order valence-electron chi connectivity index (χ0n) is 30.4. The maximum atomic E-state index is 12.6. The third-order valence-corrected chi connectivity index (χ3v) is 8.47. The van der Waals surface area contributed by atoms with E-state index in [0.717, 1.165) is 83.5 Å². The molecule has 2 atom stereocenters. The summed E-state index contributed by atoms with van der Waals surface area (Å²) in [4.78, 5) is 36.1. The lowest BCUT2D eigenvalue weighted by Crippen LogP contribution is -2.40. The zero-order chi connectivity index (χ0) is 34.6. The van der Waals surface area contributed by atoms with Crippen LogP contribution in [0.2, 0.25) is 0 Å².